The number of nitrogens with zero attached hydrogens (tertiary/aromatic N) is 1. The maximum atomic E-state index is 14.1. The summed E-state index contributed by atoms with van der Waals surface area (Å²) in [7, 11) is 0. The number of nitrogens with one attached hydrogen (secondary N) is 1. The Hall–Kier alpha value is -2.03. The predicted molar refractivity (Wildman–Crippen MR) is 78.2 cm³/mol. The van der Waals surface area contributed by atoms with Crippen LogP contribution in [0.3, 0.4) is 0 Å². The van der Waals surface area contributed by atoms with Crippen molar-refractivity contribution in [2.45, 2.75) is 18.4 Å². The number of anilines is 1. The summed E-state index contributed by atoms with van der Waals surface area (Å²) in [5.74, 6) is -0.344. The zero-order valence-corrected chi connectivity index (χ0v) is 12.2. The van der Waals surface area contributed by atoms with Gasteiger partial charge in [-0.2, -0.15) is 0 Å². The van der Waals surface area contributed by atoms with E-state index in [1.807, 2.05) is 0 Å². The summed E-state index contributed by atoms with van der Waals surface area (Å²) >= 11 is 0. The number of halogens is 2. The fraction of sp³-hybridized carbons (Fsp3) is 0.400. The van der Waals surface area contributed by atoms with Gasteiger partial charge in [-0.1, -0.05) is 11.2 Å². The van der Waals surface area contributed by atoms with Crippen LogP contribution in [0.1, 0.15) is 11.9 Å². The Morgan fingerprint density at radius 2 is 2.17 bits per heavy atom. The van der Waals surface area contributed by atoms with E-state index in [1.165, 1.54) is 18.2 Å². The van der Waals surface area contributed by atoms with Crippen LogP contribution in [0.15, 0.2) is 29.3 Å². The van der Waals surface area contributed by atoms with E-state index < -0.39 is 30.9 Å². The van der Waals surface area contributed by atoms with Crippen LogP contribution in [-0.4, -0.2) is 42.3 Å². The van der Waals surface area contributed by atoms with Crippen molar-refractivity contribution in [3.05, 3.63) is 36.2 Å². The Morgan fingerprint density at radius 3 is 2.83 bits per heavy atom. The average molecular weight is 326 g/mol. The highest BCUT2D eigenvalue weighted by atomic mass is 19.1. The number of aromatic nitrogens is 1. The van der Waals surface area contributed by atoms with Crippen molar-refractivity contribution in [1.29, 1.82) is 0 Å². The molecular formula is C15H16F2N2O4. The predicted octanol–water partition coefficient (Wildman–Crippen LogP) is 2.31. The highest BCUT2D eigenvalue weighted by Crippen LogP contribution is 2.32. The smallest absolute Gasteiger partial charge is 0.186 e. The Morgan fingerprint density at radius 1 is 1.43 bits per heavy atom. The topological polar surface area (TPSA) is 76.8 Å². The van der Waals surface area contributed by atoms with Crippen molar-refractivity contribution in [2.75, 3.05) is 25.2 Å². The minimum Gasteiger partial charge on any atom is -0.387 e. The molecule has 2 N–H and O–H groups in total. The minimum absolute atomic E-state index is 0.192. The average Bonchev–Trinajstić information content (AvgIpc) is 3.20. The summed E-state index contributed by atoms with van der Waals surface area (Å²) in [4.78, 5) is 0. The summed E-state index contributed by atoms with van der Waals surface area (Å²) in [6.07, 6.45) is -0.684. The van der Waals surface area contributed by atoms with Crippen molar-refractivity contribution >= 4 is 16.8 Å². The molecule has 1 aromatic heterocycles. The normalized spacial score (nSPS) is 18.2. The van der Waals surface area contributed by atoms with E-state index in [-0.39, 0.29) is 17.0 Å². The molecule has 23 heavy (non-hydrogen) atoms. The Bertz CT molecular complexity index is 700. The van der Waals surface area contributed by atoms with E-state index >= 15 is 0 Å². The molecule has 1 aliphatic heterocycles. The molecule has 6 nitrogen and oxygen atoms in total. The van der Waals surface area contributed by atoms with Crippen molar-refractivity contribution < 1.29 is 27.9 Å². The second kappa shape index (κ2) is 6.61. The van der Waals surface area contributed by atoms with Gasteiger partial charge in [-0.25, -0.2) is 8.78 Å². The molecule has 0 amide bonds. The molecule has 2 atom stereocenters. The van der Waals surface area contributed by atoms with Gasteiger partial charge in [0.2, 0.25) is 0 Å². The molecule has 8 heteroatoms. The third-order valence-corrected chi connectivity index (χ3v) is 3.61. The number of hydrogen-bond acceptors (Lipinski definition) is 6. The summed E-state index contributed by atoms with van der Waals surface area (Å²) in [5.41, 5.74) is 0.403. The second-order valence-electron chi connectivity index (χ2n) is 5.11. The summed E-state index contributed by atoms with van der Waals surface area (Å²) in [5, 5.41) is 16.6. The van der Waals surface area contributed by atoms with Crippen molar-refractivity contribution in [1.82, 2.24) is 5.16 Å². The van der Waals surface area contributed by atoms with Gasteiger partial charge in [0.1, 0.15) is 12.5 Å². The summed E-state index contributed by atoms with van der Waals surface area (Å²) in [6.45, 7) is 3.34. The molecule has 2 heterocycles. The summed E-state index contributed by atoms with van der Waals surface area (Å²) < 4.78 is 42.8. The molecule has 1 saturated heterocycles. The lowest BCUT2D eigenvalue weighted by Gasteiger charge is -2.18. The number of alkyl halides is 1. The quantitative estimate of drug-likeness (QED) is 0.793. The van der Waals surface area contributed by atoms with E-state index in [4.69, 9.17) is 14.0 Å². The lowest BCUT2D eigenvalue weighted by atomic mass is 10.1. The van der Waals surface area contributed by atoms with Crippen LogP contribution >= 0.6 is 0 Å². The van der Waals surface area contributed by atoms with Crippen molar-refractivity contribution in [3.63, 3.8) is 0 Å². The molecule has 0 bridgehead atoms. The lowest BCUT2D eigenvalue weighted by Crippen LogP contribution is -2.34. The summed E-state index contributed by atoms with van der Waals surface area (Å²) in [6, 6.07) is 1.71. The van der Waals surface area contributed by atoms with Gasteiger partial charge in [0.05, 0.1) is 30.7 Å². The van der Waals surface area contributed by atoms with Gasteiger partial charge in [0.15, 0.2) is 17.7 Å². The lowest BCUT2D eigenvalue weighted by molar-refractivity contribution is -0.0463. The number of fused-ring (bicyclic) bond motifs is 1. The monoisotopic (exact) mass is 326 g/mol. The molecule has 0 saturated carbocycles. The molecule has 2 unspecified atom stereocenters. The molecular weight excluding hydrogens is 310 g/mol. The molecule has 0 aliphatic carbocycles. The standard InChI is InChI=1S/C15H16F2N2O4/c1-2-12(20)11(7-16)18-14-9-5-8(15-21-3-4-22-15)10(17)6-13(9)23-19-14/h2,5-6,11-12,15,20H,1,3-4,7H2,(H,18,19). The zero-order valence-electron chi connectivity index (χ0n) is 12.2. The SMILES string of the molecule is C=CC(O)C(CF)Nc1noc2cc(F)c(C3OCCO3)cc12. The van der Waals surface area contributed by atoms with Crippen molar-refractivity contribution in [3.8, 4) is 0 Å². The molecule has 124 valence electrons. The first kappa shape index (κ1) is 15.9. The van der Waals surface area contributed by atoms with E-state index in [0.717, 1.165) is 0 Å². The van der Waals surface area contributed by atoms with Gasteiger partial charge in [0.25, 0.3) is 0 Å². The maximum absolute atomic E-state index is 14.1. The van der Waals surface area contributed by atoms with Gasteiger partial charge in [-0.15, -0.1) is 6.58 Å². The third kappa shape index (κ3) is 3.05. The highest BCUT2D eigenvalue weighted by Gasteiger charge is 2.25. The largest absolute Gasteiger partial charge is 0.387 e. The van der Waals surface area contributed by atoms with Crippen LogP contribution in [0, 0.1) is 5.82 Å². The van der Waals surface area contributed by atoms with Crippen LogP contribution < -0.4 is 5.32 Å². The van der Waals surface area contributed by atoms with E-state index in [2.05, 4.69) is 17.1 Å². The van der Waals surface area contributed by atoms with Gasteiger partial charge in [-0.3, -0.25) is 0 Å². The number of aliphatic hydroxyl groups excluding tert-OH is 1. The molecule has 1 aliphatic rings. The number of ether oxygens (including phenoxy) is 2. The first-order chi connectivity index (χ1) is 11.1. The van der Waals surface area contributed by atoms with Gasteiger partial charge in [-0.05, 0) is 6.07 Å². The number of benzene rings is 1. The maximum Gasteiger partial charge on any atom is 0.186 e. The van der Waals surface area contributed by atoms with Crippen LogP contribution in [0.2, 0.25) is 0 Å². The van der Waals surface area contributed by atoms with E-state index in [1.54, 1.807) is 0 Å². The van der Waals surface area contributed by atoms with Gasteiger partial charge >= 0.3 is 0 Å². The van der Waals surface area contributed by atoms with Gasteiger partial charge in [0, 0.05) is 11.6 Å². The first-order valence-electron chi connectivity index (χ1n) is 7.09. The fourth-order valence-electron chi connectivity index (χ4n) is 2.35. The van der Waals surface area contributed by atoms with Crippen LogP contribution in [0.5, 0.6) is 0 Å². The number of rotatable bonds is 6. The third-order valence-electron chi connectivity index (χ3n) is 3.61. The van der Waals surface area contributed by atoms with Crippen molar-refractivity contribution in [2.24, 2.45) is 0 Å². The molecule has 1 aromatic carbocycles. The van der Waals surface area contributed by atoms with Crippen LogP contribution in [0.4, 0.5) is 14.6 Å². The van der Waals surface area contributed by atoms with Crippen LogP contribution in [-0.2, 0) is 9.47 Å². The minimum atomic E-state index is -1.10. The zero-order chi connectivity index (χ0) is 16.4. The molecule has 0 radical (unpaired) electrons. The van der Waals surface area contributed by atoms with Gasteiger partial charge < -0.3 is 24.4 Å². The Balaban J connectivity index is 1.95. The van der Waals surface area contributed by atoms with E-state index in [9.17, 15) is 13.9 Å². The number of hydrogen-bond donors (Lipinski definition) is 2. The molecule has 3 rings (SSSR count). The highest BCUT2D eigenvalue weighted by molar-refractivity contribution is 5.89. The molecule has 2 aromatic rings. The first-order valence-corrected chi connectivity index (χ1v) is 7.09. The van der Waals surface area contributed by atoms with Crippen LogP contribution in [0.25, 0.3) is 11.0 Å². The number of aliphatic hydroxyl groups is 1. The Kier molecular flexibility index (Phi) is 4.56. The van der Waals surface area contributed by atoms with E-state index in [0.29, 0.717) is 18.6 Å². The fourth-order valence-corrected chi connectivity index (χ4v) is 2.35. The second-order valence-corrected chi connectivity index (χ2v) is 5.11. The molecule has 0 spiro atoms. The molecule has 1 fully saturated rings. The Labute approximate surface area is 130 Å².